The molecule has 0 saturated carbocycles. The van der Waals surface area contributed by atoms with E-state index >= 15 is 0 Å². The zero-order valence-electron chi connectivity index (χ0n) is 17.1. The molecule has 0 radical (unpaired) electrons. The van der Waals surface area contributed by atoms with Crippen molar-refractivity contribution in [2.24, 2.45) is 0 Å². The van der Waals surface area contributed by atoms with Crippen molar-refractivity contribution in [3.05, 3.63) is 53.4 Å². The van der Waals surface area contributed by atoms with Crippen LogP contribution in [0.3, 0.4) is 0 Å². The first-order chi connectivity index (χ1) is 14.9. The number of sulfonamides is 1. The highest BCUT2D eigenvalue weighted by atomic mass is 35.5. The van der Waals surface area contributed by atoms with Crippen LogP contribution in [-0.4, -0.2) is 50.2 Å². The Morgan fingerprint density at radius 1 is 1.10 bits per heavy atom. The van der Waals surface area contributed by atoms with E-state index < -0.39 is 10.0 Å². The monoisotopic (exact) mass is 463 g/mol. The summed E-state index contributed by atoms with van der Waals surface area (Å²) in [5, 5.41) is 8.67. The first-order valence-electron chi connectivity index (χ1n) is 9.74. The molecule has 1 atom stereocenters. The van der Waals surface area contributed by atoms with Crippen LogP contribution in [0.15, 0.2) is 51.8 Å². The van der Waals surface area contributed by atoms with Gasteiger partial charge in [-0.3, -0.25) is 0 Å². The number of benzene rings is 2. The fourth-order valence-corrected chi connectivity index (χ4v) is 5.63. The molecule has 0 amide bonds. The Balaban J connectivity index is 1.60. The number of para-hydroxylation sites is 1. The molecule has 0 bridgehead atoms. The smallest absolute Gasteiger partial charge is 0.251 e. The number of piperidine rings is 1. The number of aromatic nitrogens is 2. The Labute approximate surface area is 185 Å². The van der Waals surface area contributed by atoms with Crippen molar-refractivity contribution < 1.29 is 22.3 Å². The Morgan fingerprint density at radius 2 is 1.87 bits per heavy atom. The summed E-state index contributed by atoms with van der Waals surface area (Å²) in [5.74, 6) is 1.40. The molecule has 0 unspecified atom stereocenters. The molecular formula is C21H22ClN3O5S. The third kappa shape index (κ3) is 4.26. The molecule has 1 aliphatic heterocycles. The van der Waals surface area contributed by atoms with E-state index in [1.165, 1.54) is 17.5 Å². The van der Waals surface area contributed by atoms with Crippen LogP contribution in [0.2, 0.25) is 5.02 Å². The molecule has 164 valence electrons. The van der Waals surface area contributed by atoms with Crippen LogP contribution in [0.5, 0.6) is 11.5 Å². The van der Waals surface area contributed by atoms with Gasteiger partial charge in [0.2, 0.25) is 15.9 Å². The average Bonchev–Trinajstić information content (AvgIpc) is 3.29. The number of methoxy groups -OCH3 is 2. The van der Waals surface area contributed by atoms with E-state index in [4.69, 9.17) is 25.5 Å². The average molecular weight is 464 g/mol. The molecule has 31 heavy (non-hydrogen) atoms. The molecule has 1 aliphatic rings. The predicted molar refractivity (Wildman–Crippen MR) is 115 cm³/mol. The molecule has 8 nitrogen and oxygen atoms in total. The van der Waals surface area contributed by atoms with Crippen molar-refractivity contribution in [2.75, 3.05) is 27.3 Å². The summed E-state index contributed by atoms with van der Waals surface area (Å²) in [6, 6.07) is 11.9. The summed E-state index contributed by atoms with van der Waals surface area (Å²) >= 11 is 6.05. The molecule has 0 spiro atoms. The maximum atomic E-state index is 13.3. The second kappa shape index (κ2) is 8.86. The van der Waals surface area contributed by atoms with Gasteiger partial charge in [0.25, 0.3) is 5.89 Å². The van der Waals surface area contributed by atoms with Crippen LogP contribution in [0.25, 0.3) is 11.5 Å². The summed E-state index contributed by atoms with van der Waals surface area (Å²) in [5.41, 5.74) is 0.688. The molecule has 10 heteroatoms. The molecule has 1 saturated heterocycles. The second-order valence-electron chi connectivity index (χ2n) is 7.14. The molecule has 0 N–H and O–H groups in total. The van der Waals surface area contributed by atoms with Crippen molar-refractivity contribution in [1.29, 1.82) is 0 Å². The SMILES string of the molecule is COc1ccccc1-c1nnc([C@H]2CCCN(S(=O)(=O)c3cc(Cl)ccc3OC)C2)o1. The molecule has 3 aromatic rings. The molecule has 1 aromatic heterocycles. The highest BCUT2D eigenvalue weighted by Gasteiger charge is 2.35. The Bertz CT molecular complexity index is 1180. The zero-order chi connectivity index (χ0) is 22.0. The van der Waals surface area contributed by atoms with Gasteiger partial charge < -0.3 is 13.9 Å². The van der Waals surface area contributed by atoms with E-state index in [2.05, 4.69) is 10.2 Å². The number of halogens is 1. The van der Waals surface area contributed by atoms with Crippen molar-refractivity contribution in [3.8, 4) is 23.0 Å². The topological polar surface area (TPSA) is 94.8 Å². The highest BCUT2D eigenvalue weighted by Crippen LogP contribution is 2.35. The number of hydrogen-bond acceptors (Lipinski definition) is 7. The van der Waals surface area contributed by atoms with Crippen LogP contribution in [0.1, 0.15) is 24.7 Å². The first-order valence-corrected chi connectivity index (χ1v) is 11.6. The number of rotatable bonds is 6. The Morgan fingerprint density at radius 3 is 2.65 bits per heavy atom. The Hall–Kier alpha value is -2.62. The quantitative estimate of drug-likeness (QED) is 0.545. The summed E-state index contributed by atoms with van der Waals surface area (Å²) < 4.78 is 44.6. The van der Waals surface area contributed by atoms with Gasteiger partial charge in [-0.1, -0.05) is 23.7 Å². The fourth-order valence-electron chi connectivity index (χ4n) is 3.68. The second-order valence-corrected chi connectivity index (χ2v) is 9.49. The maximum Gasteiger partial charge on any atom is 0.251 e. The number of hydrogen-bond donors (Lipinski definition) is 0. The maximum absolute atomic E-state index is 13.3. The van der Waals surface area contributed by atoms with Crippen LogP contribution >= 0.6 is 11.6 Å². The van der Waals surface area contributed by atoms with Crippen molar-refractivity contribution in [3.63, 3.8) is 0 Å². The minimum atomic E-state index is -3.81. The Kier molecular flexibility index (Phi) is 6.17. The van der Waals surface area contributed by atoms with Gasteiger partial charge in [-0.2, -0.15) is 4.31 Å². The van der Waals surface area contributed by atoms with Crippen LogP contribution in [0, 0.1) is 0 Å². The molecule has 2 aromatic carbocycles. The van der Waals surface area contributed by atoms with Gasteiger partial charge in [0.1, 0.15) is 16.4 Å². The van der Waals surface area contributed by atoms with Gasteiger partial charge >= 0.3 is 0 Å². The zero-order valence-corrected chi connectivity index (χ0v) is 18.7. The standard InChI is InChI=1S/C21H22ClN3O5S/c1-28-17-8-4-3-7-16(17)21-24-23-20(30-21)14-6-5-11-25(13-14)31(26,27)19-12-15(22)9-10-18(19)29-2/h3-4,7-10,12,14H,5-6,11,13H2,1-2H3/t14-/m0/s1. The minimum Gasteiger partial charge on any atom is -0.496 e. The third-order valence-electron chi connectivity index (χ3n) is 5.25. The third-order valence-corrected chi connectivity index (χ3v) is 7.38. The predicted octanol–water partition coefficient (Wildman–Crippen LogP) is 3.98. The summed E-state index contributed by atoms with van der Waals surface area (Å²) in [6.07, 6.45) is 1.41. The van der Waals surface area contributed by atoms with Gasteiger partial charge in [0.15, 0.2) is 0 Å². The lowest BCUT2D eigenvalue weighted by Crippen LogP contribution is -2.39. The molecule has 2 heterocycles. The first kappa shape index (κ1) is 21.6. The molecule has 4 rings (SSSR count). The van der Waals surface area contributed by atoms with Gasteiger partial charge in [-0.05, 0) is 43.2 Å². The van der Waals surface area contributed by atoms with Gasteiger partial charge in [-0.25, -0.2) is 8.42 Å². The summed E-state index contributed by atoms with van der Waals surface area (Å²) in [4.78, 5) is 0.0448. The van der Waals surface area contributed by atoms with Gasteiger partial charge in [-0.15, -0.1) is 10.2 Å². The number of nitrogens with zero attached hydrogens (tertiary/aromatic N) is 3. The van der Waals surface area contributed by atoms with E-state index in [1.807, 2.05) is 24.3 Å². The summed E-state index contributed by atoms with van der Waals surface area (Å²) in [7, 11) is -0.807. The van der Waals surface area contributed by atoms with Crippen molar-refractivity contribution >= 4 is 21.6 Å². The van der Waals surface area contributed by atoms with Crippen LogP contribution < -0.4 is 9.47 Å². The largest absolute Gasteiger partial charge is 0.496 e. The van der Waals surface area contributed by atoms with Crippen LogP contribution in [-0.2, 0) is 10.0 Å². The minimum absolute atomic E-state index is 0.0448. The lowest BCUT2D eigenvalue weighted by atomic mass is 10.00. The van der Waals surface area contributed by atoms with Gasteiger partial charge in [0, 0.05) is 18.1 Å². The van der Waals surface area contributed by atoms with Crippen molar-refractivity contribution in [1.82, 2.24) is 14.5 Å². The molecule has 1 fully saturated rings. The lowest BCUT2D eigenvalue weighted by molar-refractivity contribution is 0.285. The van der Waals surface area contributed by atoms with E-state index in [1.54, 1.807) is 19.2 Å². The van der Waals surface area contributed by atoms with E-state index in [0.717, 1.165) is 6.42 Å². The van der Waals surface area contributed by atoms with Gasteiger partial charge in [0.05, 0.1) is 25.7 Å². The number of ether oxygens (including phenoxy) is 2. The van der Waals surface area contributed by atoms with Crippen LogP contribution in [0.4, 0.5) is 0 Å². The fraction of sp³-hybridized carbons (Fsp3) is 0.333. The van der Waals surface area contributed by atoms with E-state index in [-0.39, 0.29) is 23.1 Å². The molecule has 0 aliphatic carbocycles. The lowest BCUT2D eigenvalue weighted by Gasteiger charge is -2.30. The van der Waals surface area contributed by atoms with Crippen molar-refractivity contribution in [2.45, 2.75) is 23.7 Å². The highest BCUT2D eigenvalue weighted by molar-refractivity contribution is 7.89. The summed E-state index contributed by atoms with van der Waals surface area (Å²) in [6.45, 7) is 0.619. The normalized spacial score (nSPS) is 17.5. The van der Waals surface area contributed by atoms with E-state index in [0.29, 0.717) is 41.1 Å². The van der Waals surface area contributed by atoms with E-state index in [9.17, 15) is 8.42 Å². The molecular weight excluding hydrogens is 442 g/mol.